The molecule has 3 nitrogen and oxygen atoms in total. The van der Waals surface area contributed by atoms with Crippen molar-refractivity contribution < 1.29 is 0 Å². The number of fused-ring (bicyclic) bond motifs is 11. The first-order chi connectivity index (χ1) is 25.7. The highest BCUT2D eigenvalue weighted by atomic mass is 15.6. The number of para-hydroxylation sites is 3. The molecular formula is C49H35N3. The lowest BCUT2D eigenvalue weighted by Gasteiger charge is -2.28. The summed E-state index contributed by atoms with van der Waals surface area (Å²) in [6.07, 6.45) is 8.17. The molecule has 3 heteroatoms. The molecule has 0 radical (unpaired) electrons. The summed E-state index contributed by atoms with van der Waals surface area (Å²) in [5.74, 6) is 0. The molecule has 8 aromatic carbocycles. The smallest absolute Gasteiger partial charge is 0.0722 e. The van der Waals surface area contributed by atoms with Crippen LogP contribution in [0.2, 0.25) is 0 Å². The fourth-order valence-corrected chi connectivity index (χ4v) is 8.23. The molecule has 0 aliphatic heterocycles. The lowest BCUT2D eigenvalue weighted by molar-refractivity contribution is 0.887. The number of anilines is 2. The molecule has 246 valence electrons. The summed E-state index contributed by atoms with van der Waals surface area (Å²) in [6.45, 7) is 6.21. The van der Waals surface area contributed by atoms with E-state index in [0.717, 1.165) is 39.1 Å². The first kappa shape index (κ1) is 30.0. The van der Waals surface area contributed by atoms with Gasteiger partial charge in [0.25, 0.3) is 0 Å². The van der Waals surface area contributed by atoms with E-state index >= 15 is 0 Å². The molecule has 0 saturated heterocycles. The fraction of sp³-hybridized carbons (Fsp3) is 0.0204. The van der Waals surface area contributed by atoms with Gasteiger partial charge in [-0.2, -0.15) is 0 Å². The number of allylic oxidation sites excluding steroid dienone is 5. The van der Waals surface area contributed by atoms with Crippen LogP contribution in [0.4, 0.5) is 11.4 Å². The number of hydrogen-bond acceptors (Lipinski definition) is 1. The quantitative estimate of drug-likeness (QED) is 0.127. The minimum Gasteiger partial charge on any atom is -0.309 e. The van der Waals surface area contributed by atoms with Crippen molar-refractivity contribution in [3.8, 4) is 0 Å². The van der Waals surface area contributed by atoms with E-state index in [1.807, 2.05) is 19.1 Å². The maximum Gasteiger partial charge on any atom is 0.0722 e. The molecule has 52 heavy (non-hydrogen) atoms. The Hall–Kier alpha value is -6.84. The number of aromatic nitrogens is 2. The van der Waals surface area contributed by atoms with E-state index in [4.69, 9.17) is 0 Å². The summed E-state index contributed by atoms with van der Waals surface area (Å²) in [6, 6.07) is 57.6. The summed E-state index contributed by atoms with van der Waals surface area (Å²) < 4.78 is 4.72. The van der Waals surface area contributed by atoms with Crippen LogP contribution in [0.25, 0.3) is 81.6 Å². The highest BCUT2D eigenvalue weighted by molar-refractivity contribution is 6.22. The van der Waals surface area contributed by atoms with Crippen molar-refractivity contribution in [3.63, 3.8) is 0 Å². The third kappa shape index (κ3) is 4.46. The van der Waals surface area contributed by atoms with Crippen molar-refractivity contribution in [2.24, 2.45) is 0 Å². The van der Waals surface area contributed by atoms with Crippen LogP contribution in [0, 0.1) is 0 Å². The maximum atomic E-state index is 4.18. The van der Waals surface area contributed by atoms with Crippen LogP contribution in [0.1, 0.15) is 6.92 Å². The molecule has 10 aromatic rings. The molecule has 0 aliphatic carbocycles. The molecule has 2 aromatic heterocycles. The van der Waals surface area contributed by atoms with Gasteiger partial charge in [-0.25, -0.2) is 9.69 Å². The van der Waals surface area contributed by atoms with E-state index in [2.05, 4.69) is 191 Å². The highest BCUT2D eigenvalue weighted by Crippen LogP contribution is 2.42. The first-order valence-corrected chi connectivity index (χ1v) is 17.9. The average molecular weight is 666 g/mol. The standard InChI is InChI=1S/C49H35N3/c1-3-5-16-35(4-2)50-46-22-13-11-20-41(46)44-31-37(26-29-47(44)50)51(36-17-7-6-8-18-36)52-48-23-14-12-21-42(48)45-32-43-34(30-49(45)52)25-28-39-38-19-10-9-15-33(38)24-27-40(39)43/h3-32H,2H2,1H3/b5-3-,35-16+. The Morgan fingerprint density at radius 2 is 1.12 bits per heavy atom. The molecule has 0 saturated carbocycles. The van der Waals surface area contributed by atoms with Crippen LogP contribution >= 0.6 is 0 Å². The van der Waals surface area contributed by atoms with Gasteiger partial charge in [-0.1, -0.05) is 122 Å². The lowest BCUT2D eigenvalue weighted by Crippen LogP contribution is -2.24. The normalized spacial score (nSPS) is 12.4. The third-order valence-electron chi connectivity index (χ3n) is 10.5. The number of rotatable bonds is 6. The van der Waals surface area contributed by atoms with Gasteiger partial charge in [-0.15, -0.1) is 0 Å². The van der Waals surface area contributed by atoms with Gasteiger partial charge >= 0.3 is 0 Å². The van der Waals surface area contributed by atoms with E-state index < -0.39 is 0 Å². The van der Waals surface area contributed by atoms with E-state index in [0.29, 0.717) is 0 Å². The topological polar surface area (TPSA) is 13.1 Å². The van der Waals surface area contributed by atoms with Gasteiger partial charge in [0, 0.05) is 27.2 Å². The maximum absolute atomic E-state index is 4.18. The SMILES string of the molecule is C=C/C(=C\C=C/C)n1c2ccccc2c2cc(N(c3ccccc3)n3c4ccccc4c4cc5c(ccc6c7ccccc7ccc56)cc43)ccc21. The predicted octanol–water partition coefficient (Wildman–Crippen LogP) is 13.6. The van der Waals surface area contributed by atoms with Crippen LogP contribution < -0.4 is 5.01 Å². The van der Waals surface area contributed by atoms with Gasteiger partial charge in [-0.05, 0) is 106 Å². The summed E-state index contributed by atoms with van der Waals surface area (Å²) in [5, 5.41) is 14.8. The summed E-state index contributed by atoms with van der Waals surface area (Å²) in [5.41, 5.74) is 7.79. The molecule has 0 unspecified atom stereocenters. The molecular weight excluding hydrogens is 631 g/mol. The van der Waals surface area contributed by atoms with Crippen LogP contribution in [-0.2, 0) is 0 Å². The Labute approximate surface area is 301 Å². The van der Waals surface area contributed by atoms with Gasteiger partial charge in [0.1, 0.15) is 0 Å². The Morgan fingerprint density at radius 1 is 0.481 bits per heavy atom. The van der Waals surface area contributed by atoms with Crippen molar-refractivity contribution in [3.05, 3.63) is 189 Å². The van der Waals surface area contributed by atoms with Crippen LogP contribution in [0.15, 0.2) is 189 Å². The van der Waals surface area contributed by atoms with Crippen molar-refractivity contribution in [1.29, 1.82) is 0 Å². The monoisotopic (exact) mass is 665 g/mol. The Balaban J connectivity index is 1.27. The van der Waals surface area contributed by atoms with Crippen molar-refractivity contribution >= 4 is 93.0 Å². The Morgan fingerprint density at radius 3 is 1.90 bits per heavy atom. The van der Waals surface area contributed by atoms with Gasteiger partial charge < -0.3 is 4.57 Å². The molecule has 0 fully saturated rings. The second kappa shape index (κ2) is 11.9. The van der Waals surface area contributed by atoms with Gasteiger partial charge in [0.2, 0.25) is 0 Å². The molecule has 0 atom stereocenters. The van der Waals surface area contributed by atoms with Crippen LogP contribution in [-0.4, -0.2) is 9.24 Å². The van der Waals surface area contributed by atoms with E-state index in [-0.39, 0.29) is 0 Å². The minimum absolute atomic E-state index is 1.03. The van der Waals surface area contributed by atoms with Crippen molar-refractivity contribution in [2.75, 3.05) is 5.01 Å². The molecule has 2 heterocycles. The second-order valence-corrected chi connectivity index (χ2v) is 13.4. The number of nitrogens with zero attached hydrogens (tertiary/aromatic N) is 3. The third-order valence-corrected chi connectivity index (χ3v) is 10.5. The lowest BCUT2D eigenvalue weighted by atomic mass is 9.96. The molecule has 0 amide bonds. The largest absolute Gasteiger partial charge is 0.309 e. The summed E-state index contributed by atoms with van der Waals surface area (Å²) in [4.78, 5) is 0. The second-order valence-electron chi connectivity index (χ2n) is 13.4. The molecule has 0 bridgehead atoms. The average Bonchev–Trinajstić information content (AvgIpc) is 3.70. The van der Waals surface area contributed by atoms with E-state index in [9.17, 15) is 0 Å². The molecule has 10 rings (SSSR count). The molecule has 0 aliphatic rings. The number of hydrogen-bond donors (Lipinski definition) is 0. The summed E-state index contributed by atoms with van der Waals surface area (Å²) in [7, 11) is 0. The van der Waals surface area contributed by atoms with Crippen LogP contribution in [0.3, 0.4) is 0 Å². The van der Waals surface area contributed by atoms with Gasteiger partial charge in [0.15, 0.2) is 0 Å². The van der Waals surface area contributed by atoms with Gasteiger partial charge in [0.05, 0.1) is 33.4 Å². The van der Waals surface area contributed by atoms with Gasteiger partial charge in [-0.3, -0.25) is 0 Å². The van der Waals surface area contributed by atoms with Crippen molar-refractivity contribution in [1.82, 2.24) is 9.24 Å². The molecule has 0 spiro atoms. The van der Waals surface area contributed by atoms with E-state index in [1.54, 1.807) is 0 Å². The highest BCUT2D eigenvalue weighted by Gasteiger charge is 2.22. The fourth-order valence-electron chi connectivity index (χ4n) is 8.23. The van der Waals surface area contributed by atoms with E-state index in [1.165, 1.54) is 53.9 Å². The number of benzene rings is 8. The Kier molecular flexibility index (Phi) is 6.87. The first-order valence-electron chi connectivity index (χ1n) is 17.9. The van der Waals surface area contributed by atoms with Crippen LogP contribution in [0.5, 0.6) is 0 Å². The zero-order valence-electron chi connectivity index (χ0n) is 28.9. The molecule has 0 N–H and O–H groups in total. The zero-order chi connectivity index (χ0) is 34.8. The van der Waals surface area contributed by atoms with Crippen molar-refractivity contribution in [2.45, 2.75) is 6.92 Å². The zero-order valence-corrected chi connectivity index (χ0v) is 28.9. The predicted molar refractivity (Wildman–Crippen MR) is 225 cm³/mol. The minimum atomic E-state index is 1.03. The summed E-state index contributed by atoms with van der Waals surface area (Å²) >= 11 is 0. The Bertz CT molecular complexity index is 3100.